The number of methoxy groups -OCH3 is 1. The van der Waals surface area contributed by atoms with Crippen LogP contribution < -0.4 is 5.32 Å². The lowest BCUT2D eigenvalue weighted by atomic mass is 9.65. The summed E-state index contributed by atoms with van der Waals surface area (Å²) < 4.78 is 17.3. The Balaban J connectivity index is 1.94. The highest BCUT2D eigenvalue weighted by Crippen LogP contribution is 2.52. The maximum atomic E-state index is 14.1. The summed E-state index contributed by atoms with van der Waals surface area (Å²) in [6.07, 6.45) is 3.67. The molecule has 8 nitrogen and oxygen atoms in total. The van der Waals surface area contributed by atoms with Crippen LogP contribution in [-0.2, 0) is 35.1 Å². The predicted molar refractivity (Wildman–Crippen MR) is 159 cm³/mol. The highest BCUT2D eigenvalue weighted by atomic mass is 35.5. The van der Waals surface area contributed by atoms with Gasteiger partial charge in [0.25, 0.3) is 0 Å². The number of piperidine rings is 1. The van der Waals surface area contributed by atoms with E-state index in [0.29, 0.717) is 47.5 Å². The number of hydrogen-bond acceptors (Lipinski definition) is 6. The van der Waals surface area contributed by atoms with Crippen molar-refractivity contribution in [3.05, 3.63) is 45.6 Å². The van der Waals surface area contributed by atoms with Crippen LogP contribution in [-0.4, -0.2) is 61.8 Å². The van der Waals surface area contributed by atoms with Crippen molar-refractivity contribution < 1.29 is 28.6 Å². The summed E-state index contributed by atoms with van der Waals surface area (Å²) in [7, 11) is 1.33. The van der Waals surface area contributed by atoms with Crippen molar-refractivity contribution >= 4 is 41.0 Å². The van der Waals surface area contributed by atoms with Crippen LogP contribution in [0.2, 0.25) is 10.0 Å². The van der Waals surface area contributed by atoms with Crippen LogP contribution in [0.3, 0.4) is 0 Å². The molecular formula is C31H44Cl2N2O6. The zero-order chi connectivity index (χ0) is 30.4. The summed E-state index contributed by atoms with van der Waals surface area (Å²) in [5, 5.41) is 3.78. The van der Waals surface area contributed by atoms with Crippen molar-refractivity contribution in [1.82, 2.24) is 10.2 Å². The van der Waals surface area contributed by atoms with Crippen molar-refractivity contribution in [3.8, 4) is 0 Å². The highest BCUT2D eigenvalue weighted by Gasteiger charge is 2.60. The first kappa shape index (κ1) is 33.4. The maximum Gasteiger partial charge on any atom is 0.320 e. The largest absolute Gasteiger partial charge is 0.468 e. The lowest BCUT2D eigenvalue weighted by molar-refractivity contribution is -0.180. The van der Waals surface area contributed by atoms with Gasteiger partial charge < -0.3 is 24.4 Å². The fraction of sp³-hybridized carbons (Fsp3) is 0.645. The molecule has 0 radical (unpaired) electrons. The van der Waals surface area contributed by atoms with Crippen LogP contribution in [0.25, 0.3) is 0 Å². The Morgan fingerprint density at radius 1 is 1.20 bits per heavy atom. The van der Waals surface area contributed by atoms with Crippen LogP contribution >= 0.6 is 23.2 Å². The molecule has 4 atom stereocenters. The average molecular weight is 612 g/mol. The summed E-state index contributed by atoms with van der Waals surface area (Å²) >= 11 is 12.7. The minimum absolute atomic E-state index is 0.0676. The number of benzene rings is 1. The van der Waals surface area contributed by atoms with Crippen LogP contribution in [0.1, 0.15) is 72.3 Å². The number of likely N-dealkylation sites (tertiary alicyclic amines) is 1. The molecule has 1 aromatic rings. The number of nitrogens with one attached hydrogen (secondary N) is 1. The van der Waals surface area contributed by atoms with Crippen LogP contribution in [0.4, 0.5) is 0 Å². The van der Waals surface area contributed by atoms with Gasteiger partial charge in [-0.2, -0.15) is 0 Å². The molecule has 3 rings (SSSR count). The Kier molecular flexibility index (Phi) is 11.7. The zero-order valence-electron chi connectivity index (χ0n) is 25.1. The van der Waals surface area contributed by atoms with E-state index in [1.165, 1.54) is 7.11 Å². The van der Waals surface area contributed by atoms with Gasteiger partial charge in [-0.15, -0.1) is 0 Å². The molecule has 0 aromatic heterocycles. The quantitative estimate of drug-likeness (QED) is 0.233. The average Bonchev–Trinajstić information content (AvgIpc) is 2.91. The van der Waals surface area contributed by atoms with Gasteiger partial charge in [0.15, 0.2) is 0 Å². The van der Waals surface area contributed by atoms with E-state index in [1.807, 2.05) is 33.8 Å². The fourth-order valence-corrected chi connectivity index (χ4v) is 5.94. The number of carbonyl (C=O) groups is 3. The molecule has 10 heteroatoms. The zero-order valence-corrected chi connectivity index (χ0v) is 26.6. The van der Waals surface area contributed by atoms with Gasteiger partial charge in [0.2, 0.25) is 11.8 Å². The Bertz CT molecular complexity index is 1130. The first-order valence-electron chi connectivity index (χ1n) is 14.4. The summed E-state index contributed by atoms with van der Waals surface area (Å²) in [6.45, 7) is 11.9. The molecule has 2 heterocycles. The highest BCUT2D eigenvalue weighted by molar-refractivity contribution is 6.35. The molecule has 41 heavy (non-hydrogen) atoms. The number of amides is 2. The second-order valence-electron chi connectivity index (χ2n) is 12.0. The number of unbranched alkanes of at least 4 members (excludes halogenated alkanes) is 1. The van der Waals surface area contributed by atoms with E-state index in [1.54, 1.807) is 23.1 Å². The third-order valence-electron chi connectivity index (χ3n) is 7.89. The van der Waals surface area contributed by atoms with Gasteiger partial charge in [-0.1, -0.05) is 63.4 Å². The van der Waals surface area contributed by atoms with Crippen LogP contribution in [0.5, 0.6) is 0 Å². The Labute approximate surface area is 254 Å². The first-order valence-corrected chi connectivity index (χ1v) is 15.2. The Morgan fingerprint density at radius 2 is 1.90 bits per heavy atom. The molecule has 2 amide bonds. The van der Waals surface area contributed by atoms with Gasteiger partial charge >= 0.3 is 5.97 Å². The smallest absolute Gasteiger partial charge is 0.320 e. The van der Waals surface area contributed by atoms with Gasteiger partial charge in [-0.3, -0.25) is 14.4 Å². The van der Waals surface area contributed by atoms with Crippen LogP contribution in [0, 0.1) is 16.7 Å². The van der Waals surface area contributed by atoms with E-state index in [0.717, 1.165) is 12.8 Å². The number of ether oxygens (including phenoxy) is 3. The molecular weight excluding hydrogens is 567 g/mol. The summed E-state index contributed by atoms with van der Waals surface area (Å²) in [5.74, 6) is -1.78. The number of nitrogens with zero attached hydrogens (tertiary/aromatic N) is 1. The second kappa shape index (κ2) is 14.4. The van der Waals surface area contributed by atoms with Crippen molar-refractivity contribution in [2.24, 2.45) is 16.7 Å². The predicted octanol–water partition coefficient (Wildman–Crippen LogP) is 5.93. The molecule has 1 saturated heterocycles. The summed E-state index contributed by atoms with van der Waals surface area (Å²) in [6, 6.07) is 5.10. The molecule has 1 N–H and O–H groups in total. The maximum absolute atomic E-state index is 14.1. The number of esters is 1. The molecule has 0 aliphatic carbocycles. The molecule has 228 valence electrons. The van der Waals surface area contributed by atoms with Crippen molar-refractivity contribution in [3.63, 3.8) is 0 Å². The Morgan fingerprint density at radius 3 is 2.54 bits per heavy atom. The fourth-order valence-electron chi connectivity index (χ4n) is 5.47. The molecule has 0 bridgehead atoms. The van der Waals surface area contributed by atoms with Crippen molar-refractivity contribution in [2.45, 2.75) is 85.5 Å². The monoisotopic (exact) mass is 610 g/mol. The number of fused-ring (bicyclic) bond motifs is 1. The molecule has 0 unspecified atom stereocenters. The summed E-state index contributed by atoms with van der Waals surface area (Å²) in [4.78, 5) is 42.3. The standard InChI is InChI=1S/C31H44Cl2N2O6/c1-7-8-13-40-14-9-12-34-27(36)15-22-18-31(29(38)39-6)20(2)41-26(30(3,4)5)17-25(31)35(28(22)37)19-21-10-11-23(32)16-24(21)33/h10-11,16-17,20,22,26H,7-9,12-15,18-19H2,1-6H3,(H,34,36)/t20-,22+,26-,31+/m1/s1. The van der Waals surface area contributed by atoms with Crippen LogP contribution in [0.15, 0.2) is 30.0 Å². The lowest BCUT2D eigenvalue weighted by Crippen LogP contribution is -2.61. The molecule has 0 spiro atoms. The van der Waals surface area contributed by atoms with E-state index >= 15 is 0 Å². The van der Waals surface area contributed by atoms with Gasteiger partial charge in [-0.05, 0) is 55.4 Å². The topological polar surface area (TPSA) is 94.2 Å². The number of hydrogen-bond donors (Lipinski definition) is 1. The molecule has 1 aromatic carbocycles. The third kappa shape index (κ3) is 7.83. The molecule has 2 aliphatic heterocycles. The minimum Gasteiger partial charge on any atom is -0.468 e. The van der Waals surface area contributed by atoms with Crippen molar-refractivity contribution in [1.29, 1.82) is 0 Å². The number of halogens is 2. The van der Waals surface area contributed by atoms with E-state index < -0.39 is 23.4 Å². The van der Waals surface area contributed by atoms with Gasteiger partial charge in [0.1, 0.15) is 5.41 Å². The van der Waals surface area contributed by atoms with Gasteiger partial charge in [0, 0.05) is 47.8 Å². The van der Waals surface area contributed by atoms with Gasteiger partial charge in [0.05, 0.1) is 25.9 Å². The second-order valence-corrected chi connectivity index (χ2v) is 12.9. The normalized spacial score (nSPS) is 24.5. The van der Waals surface area contributed by atoms with Gasteiger partial charge in [-0.25, -0.2) is 0 Å². The third-order valence-corrected chi connectivity index (χ3v) is 8.48. The van der Waals surface area contributed by atoms with E-state index in [2.05, 4.69) is 12.2 Å². The number of carbonyl (C=O) groups excluding carboxylic acids is 3. The minimum atomic E-state index is -1.28. The van der Waals surface area contributed by atoms with E-state index in [-0.39, 0.29) is 42.7 Å². The first-order chi connectivity index (χ1) is 19.3. The summed E-state index contributed by atoms with van der Waals surface area (Å²) in [5.41, 5.74) is -0.377. The molecule has 2 aliphatic rings. The lowest BCUT2D eigenvalue weighted by Gasteiger charge is -2.53. The Hall–Kier alpha value is -2.13. The van der Waals surface area contributed by atoms with E-state index in [9.17, 15) is 14.4 Å². The number of rotatable bonds is 12. The van der Waals surface area contributed by atoms with Crippen molar-refractivity contribution in [2.75, 3.05) is 26.9 Å². The van der Waals surface area contributed by atoms with E-state index in [4.69, 9.17) is 37.4 Å². The molecule has 1 fully saturated rings. The molecule has 0 saturated carbocycles. The SMILES string of the molecule is CCCCOCCCNC(=O)C[C@H]1C[C@@]2(C(=O)OC)C(=C[C@H](C(C)(C)C)O[C@@H]2C)N(Cc2ccc(Cl)cc2Cl)C1=O.